The molecular formula is C8H11N3. The first-order chi connectivity index (χ1) is 5.29. The van der Waals surface area contributed by atoms with Crippen LogP contribution in [0.5, 0.6) is 0 Å². The van der Waals surface area contributed by atoms with E-state index < -0.39 is 0 Å². The van der Waals surface area contributed by atoms with Crippen molar-refractivity contribution in [3.63, 3.8) is 0 Å². The van der Waals surface area contributed by atoms with Gasteiger partial charge in [0, 0.05) is 31.9 Å². The van der Waals surface area contributed by atoms with Crippen molar-refractivity contribution in [1.82, 2.24) is 9.97 Å². The highest BCUT2D eigenvalue weighted by molar-refractivity contribution is 5.49. The number of nitrogens with zero attached hydrogens (tertiary/aromatic N) is 3. The second kappa shape index (κ2) is 2.19. The summed E-state index contributed by atoms with van der Waals surface area (Å²) in [5, 5.41) is 0. The molecule has 11 heavy (non-hydrogen) atoms. The molecule has 3 heteroatoms. The van der Waals surface area contributed by atoms with Gasteiger partial charge in [-0.15, -0.1) is 0 Å². The molecule has 58 valence electrons. The molecule has 0 radical (unpaired) electrons. The van der Waals surface area contributed by atoms with E-state index in [1.165, 1.54) is 0 Å². The maximum atomic E-state index is 4.29. The van der Waals surface area contributed by atoms with E-state index in [0.717, 1.165) is 18.1 Å². The van der Waals surface area contributed by atoms with Gasteiger partial charge < -0.3 is 4.90 Å². The maximum Gasteiger partial charge on any atom is 0.150 e. The Morgan fingerprint density at radius 2 is 2.18 bits per heavy atom. The van der Waals surface area contributed by atoms with Gasteiger partial charge in [0.1, 0.15) is 5.82 Å². The molecule has 1 atom stereocenters. The minimum atomic E-state index is 0.531. The minimum absolute atomic E-state index is 0.531. The van der Waals surface area contributed by atoms with Crippen LogP contribution in [0, 0.1) is 0 Å². The van der Waals surface area contributed by atoms with Crippen LogP contribution in [0.2, 0.25) is 0 Å². The fourth-order valence-electron chi connectivity index (χ4n) is 1.57. The van der Waals surface area contributed by atoms with Gasteiger partial charge in [0.05, 0.1) is 5.69 Å². The van der Waals surface area contributed by atoms with E-state index in [4.69, 9.17) is 0 Å². The van der Waals surface area contributed by atoms with Crippen molar-refractivity contribution < 1.29 is 0 Å². The number of fused-ring (bicyclic) bond motifs is 1. The molecule has 2 heterocycles. The van der Waals surface area contributed by atoms with Crippen molar-refractivity contribution in [2.24, 2.45) is 0 Å². The molecule has 2 rings (SSSR count). The summed E-state index contributed by atoms with van der Waals surface area (Å²) in [6.07, 6.45) is 3.50. The predicted molar refractivity (Wildman–Crippen MR) is 43.7 cm³/mol. The monoisotopic (exact) mass is 149 g/mol. The maximum absolute atomic E-state index is 4.29. The largest absolute Gasteiger partial charge is 0.357 e. The van der Waals surface area contributed by atoms with Gasteiger partial charge in [-0.2, -0.15) is 0 Å². The third-order valence-corrected chi connectivity index (χ3v) is 2.08. The summed E-state index contributed by atoms with van der Waals surface area (Å²) in [5.41, 5.74) is 1.13. The van der Waals surface area contributed by atoms with Gasteiger partial charge in [0.25, 0.3) is 0 Å². The number of aromatic nitrogens is 2. The number of hydrogen-bond acceptors (Lipinski definition) is 3. The van der Waals surface area contributed by atoms with E-state index in [1.54, 1.807) is 12.4 Å². The first-order valence-electron chi connectivity index (χ1n) is 3.81. The Balaban J connectivity index is 2.52. The van der Waals surface area contributed by atoms with Crippen molar-refractivity contribution in [3.8, 4) is 0 Å². The smallest absolute Gasteiger partial charge is 0.150 e. The minimum Gasteiger partial charge on any atom is -0.357 e. The lowest BCUT2D eigenvalue weighted by Crippen LogP contribution is -2.14. The third kappa shape index (κ3) is 0.878. The second-order valence-corrected chi connectivity index (χ2v) is 3.05. The molecule has 0 aliphatic carbocycles. The summed E-state index contributed by atoms with van der Waals surface area (Å²) in [5.74, 6) is 1.57. The Morgan fingerprint density at radius 3 is 2.91 bits per heavy atom. The number of likely N-dealkylation sites (N-methyl/N-ethyl adjacent to an activating group) is 1. The van der Waals surface area contributed by atoms with Crippen LogP contribution in [-0.2, 0) is 0 Å². The topological polar surface area (TPSA) is 29.0 Å². The highest BCUT2D eigenvalue weighted by Gasteiger charge is 2.24. The van der Waals surface area contributed by atoms with Crippen molar-refractivity contribution in [2.75, 3.05) is 18.5 Å². The first kappa shape index (κ1) is 6.58. The van der Waals surface area contributed by atoms with E-state index in [1.807, 2.05) is 0 Å². The van der Waals surface area contributed by atoms with Crippen molar-refractivity contribution in [2.45, 2.75) is 12.8 Å². The molecule has 0 fully saturated rings. The summed E-state index contributed by atoms with van der Waals surface area (Å²) in [6.45, 7) is 3.22. The number of anilines is 1. The van der Waals surface area contributed by atoms with Crippen molar-refractivity contribution in [1.29, 1.82) is 0 Å². The average Bonchev–Trinajstić information content (AvgIpc) is 2.30. The SMILES string of the molecule is CC1CN(C)c2nccnc21. The second-order valence-electron chi connectivity index (χ2n) is 3.05. The van der Waals surface area contributed by atoms with E-state index in [9.17, 15) is 0 Å². The summed E-state index contributed by atoms with van der Waals surface area (Å²) < 4.78 is 0. The van der Waals surface area contributed by atoms with Crippen LogP contribution < -0.4 is 4.90 Å². The van der Waals surface area contributed by atoms with Crippen LogP contribution in [0.4, 0.5) is 5.82 Å². The van der Waals surface area contributed by atoms with Crippen LogP contribution in [0.25, 0.3) is 0 Å². The number of hydrogen-bond donors (Lipinski definition) is 0. The predicted octanol–water partition coefficient (Wildman–Crippen LogP) is 1.03. The average molecular weight is 149 g/mol. The summed E-state index contributed by atoms with van der Waals surface area (Å²) in [4.78, 5) is 10.7. The van der Waals surface area contributed by atoms with E-state index in [2.05, 4.69) is 28.8 Å². The lowest BCUT2D eigenvalue weighted by Gasteiger charge is -2.08. The molecule has 0 saturated heterocycles. The fourth-order valence-corrected chi connectivity index (χ4v) is 1.57. The molecule has 0 saturated carbocycles. The zero-order valence-corrected chi connectivity index (χ0v) is 6.78. The Labute approximate surface area is 66.1 Å². The Morgan fingerprint density at radius 1 is 1.45 bits per heavy atom. The zero-order valence-electron chi connectivity index (χ0n) is 6.78. The molecule has 1 unspecified atom stereocenters. The molecule has 1 aromatic heterocycles. The molecule has 0 bridgehead atoms. The molecule has 0 aromatic carbocycles. The van der Waals surface area contributed by atoms with E-state index >= 15 is 0 Å². The highest BCUT2D eigenvalue weighted by atomic mass is 15.2. The van der Waals surface area contributed by atoms with Crippen LogP contribution in [0.3, 0.4) is 0 Å². The van der Waals surface area contributed by atoms with Gasteiger partial charge in [-0.25, -0.2) is 4.98 Å². The lowest BCUT2D eigenvalue weighted by atomic mass is 10.1. The molecule has 1 aromatic rings. The molecule has 1 aliphatic rings. The van der Waals surface area contributed by atoms with Gasteiger partial charge in [-0.1, -0.05) is 6.92 Å². The van der Waals surface area contributed by atoms with E-state index in [0.29, 0.717) is 5.92 Å². The third-order valence-electron chi connectivity index (χ3n) is 2.08. The Hall–Kier alpha value is -1.12. The van der Waals surface area contributed by atoms with Gasteiger partial charge >= 0.3 is 0 Å². The molecule has 0 N–H and O–H groups in total. The van der Waals surface area contributed by atoms with Crippen LogP contribution in [-0.4, -0.2) is 23.6 Å². The van der Waals surface area contributed by atoms with Crippen LogP contribution in [0.1, 0.15) is 18.5 Å². The molecule has 0 spiro atoms. The zero-order chi connectivity index (χ0) is 7.84. The normalized spacial score (nSPS) is 22.0. The van der Waals surface area contributed by atoms with E-state index in [-0.39, 0.29) is 0 Å². The van der Waals surface area contributed by atoms with Crippen LogP contribution >= 0.6 is 0 Å². The first-order valence-corrected chi connectivity index (χ1v) is 3.81. The Kier molecular flexibility index (Phi) is 1.31. The van der Waals surface area contributed by atoms with Gasteiger partial charge in [-0.3, -0.25) is 4.98 Å². The fraction of sp³-hybridized carbons (Fsp3) is 0.500. The molecule has 0 amide bonds. The summed E-state index contributed by atoms with van der Waals surface area (Å²) in [7, 11) is 2.05. The van der Waals surface area contributed by atoms with Crippen LogP contribution in [0.15, 0.2) is 12.4 Å². The highest BCUT2D eigenvalue weighted by Crippen LogP contribution is 2.29. The van der Waals surface area contributed by atoms with Crippen molar-refractivity contribution >= 4 is 5.82 Å². The molecular weight excluding hydrogens is 138 g/mol. The van der Waals surface area contributed by atoms with Gasteiger partial charge in [0.15, 0.2) is 0 Å². The van der Waals surface area contributed by atoms with Crippen molar-refractivity contribution in [3.05, 3.63) is 18.1 Å². The summed E-state index contributed by atoms with van der Waals surface area (Å²) in [6, 6.07) is 0. The standard InChI is InChI=1S/C8H11N3/c1-6-5-11(2)8-7(6)9-3-4-10-8/h3-4,6H,5H2,1-2H3. The Bertz CT molecular complexity index is 245. The lowest BCUT2D eigenvalue weighted by molar-refractivity contribution is 0.777. The number of rotatable bonds is 0. The van der Waals surface area contributed by atoms with Gasteiger partial charge in [0.2, 0.25) is 0 Å². The molecule has 3 nitrogen and oxygen atoms in total. The molecule has 1 aliphatic heterocycles. The summed E-state index contributed by atoms with van der Waals surface area (Å²) >= 11 is 0. The van der Waals surface area contributed by atoms with Gasteiger partial charge in [-0.05, 0) is 0 Å². The quantitative estimate of drug-likeness (QED) is 0.551.